The SMILES string of the molecule is C#CC1(O)CC[C@H]2[C@@H]3CCC4=CC(=O)CC[C@@H]4[C@H]3CC[C@@]21C. The van der Waals surface area contributed by atoms with Crippen LogP contribution in [-0.4, -0.2) is 16.5 Å². The first-order chi connectivity index (χ1) is 10.5. The lowest BCUT2D eigenvalue weighted by Gasteiger charge is -2.54. The Bertz CT molecular complexity index is 583. The molecule has 0 aromatic rings. The van der Waals surface area contributed by atoms with E-state index in [9.17, 15) is 9.90 Å². The maximum absolute atomic E-state index is 11.7. The normalized spacial score (nSPS) is 50.4. The Morgan fingerprint density at radius 2 is 2.00 bits per heavy atom. The first-order valence-corrected chi connectivity index (χ1v) is 8.92. The third kappa shape index (κ3) is 1.75. The highest BCUT2D eigenvalue weighted by Crippen LogP contribution is 2.64. The second-order valence-corrected chi connectivity index (χ2v) is 8.30. The van der Waals surface area contributed by atoms with Crippen molar-refractivity contribution in [2.75, 3.05) is 0 Å². The zero-order chi connectivity index (χ0) is 15.5. The number of allylic oxidation sites excluding steroid dienone is 1. The van der Waals surface area contributed by atoms with Crippen LogP contribution < -0.4 is 0 Å². The Morgan fingerprint density at radius 3 is 2.77 bits per heavy atom. The molecule has 2 nitrogen and oxygen atoms in total. The molecule has 0 amide bonds. The van der Waals surface area contributed by atoms with Gasteiger partial charge in [-0.05, 0) is 74.7 Å². The van der Waals surface area contributed by atoms with Crippen molar-refractivity contribution in [2.45, 2.75) is 63.9 Å². The van der Waals surface area contributed by atoms with Gasteiger partial charge in [-0.1, -0.05) is 18.4 Å². The number of ketones is 1. The van der Waals surface area contributed by atoms with Crippen LogP contribution in [0.15, 0.2) is 11.6 Å². The maximum atomic E-state index is 11.7. The molecule has 0 radical (unpaired) electrons. The topological polar surface area (TPSA) is 37.3 Å². The van der Waals surface area contributed by atoms with Crippen molar-refractivity contribution in [1.82, 2.24) is 0 Å². The zero-order valence-electron chi connectivity index (χ0n) is 13.5. The highest BCUT2D eigenvalue weighted by molar-refractivity contribution is 5.91. The lowest BCUT2D eigenvalue weighted by Crippen LogP contribution is -2.52. The maximum Gasteiger partial charge on any atom is 0.155 e. The van der Waals surface area contributed by atoms with Gasteiger partial charge >= 0.3 is 0 Å². The molecule has 1 unspecified atom stereocenters. The van der Waals surface area contributed by atoms with Gasteiger partial charge in [-0.15, -0.1) is 6.42 Å². The average Bonchev–Trinajstić information content (AvgIpc) is 2.79. The van der Waals surface area contributed by atoms with E-state index in [0.29, 0.717) is 29.5 Å². The molecule has 0 bridgehead atoms. The number of hydrogen-bond donors (Lipinski definition) is 1. The Hall–Kier alpha value is -1.07. The van der Waals surface area contributed by atoms with Crippen LogP contribution in [0.3, 0.4) is 0 Å². The molecular formula is C20H26O2. The van der Waals surface area contributed by atoms with Crippen molar-refractivity contribution in [3.63, 3.8) is 0 Å². The van der Waals surface area contributed by atoms with E-state index >= 15 is 0 Å². The van der Waals surface area contributed by atoms with E-state index < -0.39 is 5.60 Å². The van der Waals surface area contributed by atoms with Crippen LogP contribution in [0.4, 0.5) is 0 Å². The minimum Gasteiger partial charge on any atom is -0.377 e. The molecule has 1 N–H and O–H groups in total. The molecule has 6 atom stereocenters. The first-order valence-electron chi connectivity index (χ1n) is 8.92. The fourth-order valence-corrected chi connectivity index (χ4v) is 6.43. The van der Waals surface area contributed by atoms with Gasteiger partial charge in [0.25, 0.3) is 0 Å². The summed E-state index contributed by atoms with van der Waals surface area (Å²) < 4.78 is 0. The number of carbonyl (C=O) groups is 1. The number of carbonyl (C=O) groups excluding carboxylic acids is 1. The first kappa shape index (κ1) is 14.5. The van der Waals surface area contributed by atoms with E-state index in [1.54, 1.807) is 0 Å². The summed E-state index contributed by atoms with van der Waals surface area (Å²) in [7, 11) is 0. The predicted octanol–water partition coefficient (Wildman–Crippen LogP) is 3.49. The van der Waals surface area contributed by atoms with Gasteiger partial charge in [0.2, 0.25) is 0 Å². The number of aliphatic hydroxyl groups is 1. The molecule has 2 heteroatoms. The summed E-state index contributed by atoms with van der Waals surface area (Å²) in [6, 6.07) is 0. The van der Waals surface area contributed by atoms with Crippen molar-refractivity contribution in [2.24, 2.45) is 29.1 Å². The minimum atomic E-state index is -0.902. The van der Waals surface area contributed by atoms with Crippen molar-refractivity contribution >= 4 is 5.78 Å². The minimum absolute atomic E-state index is 0.103. The number of rotatable bonds is 0. The standard InChI is InChI=1S/C20H26O2/c1-3-20(22)11-9-18-17-6-4-13-12-14(21)5-7-15(13)16(17)8-10-19(18,20)2/h1,12,15-18,22H,4-11H2,2H3/t15-,16+,17+,18-,19-,20?/m0/s1. The third-order valence-corrected chi connectivity index (χ3v) is 7.69. The second-order valence-electron chi connectivity index (χ2n) is 8.30. The Balaban J connectivity index is 1.65. The molecule has 4 aliphatic carbocycles. The average molecular weight is 298 g/mol. The fraction of sp³-hybridized carbons (Fsp3) is 0.750. The molecule has 118 valence electrons. The third-order valence-electron chi connectivity index (χ3n) is 7.69. The molecule has 0 aliphatic heterocycles. The number of terminal acetylenes is 1. The van der Waals surface area contributed by atoms with Crippen LogP contribution in [-0.2, 0) is 4.79 Å². The van der Waals surface area contributed by atoms with E-state index in [1.165, 1.54) is 12.0 Å². The fourth-order valence-electron chi connectivity index (χ4n) is 6.43. The summed E-state index contributed by atoms with van der Waals surface area (Å²) in [6.07, 6.45) is 15.7. The Labute approximate surface area is 133 Å². The summed E-state index contributed by atoms with van der Waals surface area (Å²) in [6.45, 7) is 2.23. The summed E-state index contributed by atoms with van der Waals surface area (Å²) in [5, 5.41) is 10.9. The molecule has 22 heavy (non-hydrogen) atoms. The molecule has 0 aromatic carbocycles. The lowest BCUT2D eigenvalue weighted by atomic mass is 9.50. The van der Waals surface area contributed by atoms with Crippen LogP contribution in [0, 0.1) is 41.4 Å². The molecule has 0 spiro atoms. The van der Waals surface area contributed by atoms with Gasteiger partial charge in [-0.3, -0.25) is 4.79 Å². The number of fused-ring (bicyclic) bond motifs is 5. The van der Waals surface area contributed by atoms with Crippen molar-refractivity contribution < 1.29 is 9.90 Å². The van der Waals surface area contributed by atoms with Crippen LogP contribution in [0.25, 0.3) is 0 Å². The molecular weight excluding hydrogens is 272 g/mol. The summed E-state index contributed by atoms with van der Waals surface area (Å²) in [5.74, 6) is 5.66. The number of hydrogen-bond acceptors (Lipinski definition) is 2. The molecule has 4 rings (SSSR count). The zero-order valence-corrected chi connectivity index (χ0v) is 13.5. The van der Waals surface area contributed by atoms with E-state index in [2.05, 4.69) is 12.8 Å². The van der Waals surface area contributed by atoms with Crippen LogP contribution >= 0.6 is 0 Å². The largest absolute Gasteiger partial charge is 0.377 e. The monoisotopic (exact) mass is 298 g/mol. The van der Waals surface area contributed by atoms with Gasteiger partial charge in [0.15, 0.2) is 5.78 Å². The summed E-state index contributed by atoms with van der Waals surface area (Å²) in [4.78, 5) is 11.7. The highest BCUT2D eigenvalue weighted by atomic mass is 16.3. The molecule has 0 heterocycles. The molecule has 0 saturated heterocycles. The Morgan fingerprint density at radius 1 is 1.18 bits per heavy atom. The second kappa shape index (κ2) is 4.71. The molecule has 3 saturated carbocycles. The van der Waals surface area contributed by atoms with E-state index in [0.717, 1.165) is 44.9 Å². The van der Waals surface area contributed by atoms with E-state index in [4.69, 9.17) is 6.42 Å². The quantitative estimate of drug-likeness (QED) is 0.695. The van der Waals surface area contributed by atoms with Crippen LogP contribution in [0.1, 0.15) is 58.3 Å². The molecule has 3 fully saturated rings. The van der Waals surface area contributed by atoms with Gasteiger partial charge in [-0.2, -0.15) is 0 Å². The van der Waals surface area contributed by atoms with Crippen molar-refractivity contribution in [3.05, 3.63) is 11.6 Å². The van der Waals surface area contributed by atoms with E-state index in [1.807, 2.05) is 6.08 Å². The van der Waals surface area contributed by atoms with E-state index in [-0.39, 0.29) is 5.41 Å². The van der Waals surface area contributed by atoms with Crippen LogP contribution in [0.5, 0.6) is 0 Å². The lowest BCUT2D eigenvalue weighted by molar-refractivity contribution is -0.116. The van der Waals surface area contributed by atoms with Crippen molar-refractivity contribution in [3.8, 4) is 12.3 Å². The van der Waals surface area contributed by atoms with Gasteiger partial charge in [0.05, 0.1) is 0 Å². The smallest absolute Gasteiger partial charge is 0.155 e. The van der Waals surface area contributed by atoms with Crippen LogP contribution in [0.2, 0.25) is 0 Å². The summed E-state index contributed by atoms with van der Waals surface area (Å²) in [5.41, 5.74) is 0.418. The van der Waals surface area contributed by atoms with Gasteiger partial charge in [0.1, 0.15) is 5.60 Å². The summed E-state index contributed by atoms with van der Waals surface area (Å²) >= 11 is 0. The Kier molecular flexibility index (Phi) is 3.11. The van der Waals surface area contributed by atoms with Gasteiger partial charge < -0.3 is 5.11 Å². The van der Waals surface area contributed by atoms with Gasteiger partial charge in [-0.25, -0.2) is 0 Å². The van der Waals surface area contributed by atoms with Gasteiger partial charge in [0, 0.05) is 11.8 Å². The molecule has 0 aromatic heterocycles. The highest BCUT2D eigenvalue weighted by Gasteiger charge is 2.61. The van der Waals surface area contributed by atoms with Crippen molar-refractivity contribution in [1.29, 1.82) is 0 Å². The molecule has 4 aliphatic rings. The predicted molar refractivity (Wildman–Crippen MR) is 85.9 cm³/mol.